The molecule has 3 rings (SSSR count). The van der Waals surface area contributed by atoms with Gasteiger partial charge in [0.1, 0.15) is 0 Å². The topological polar surface area (TPSA) is 51.0 Å². The molecular weight excluding hydrogens is 254 g/mol. The highest BCUT2D eigenvalue weighted by atomic mass is 16.5. The molecule has 108 valence electrons. The normalized spacial score (nSPS) is 25.0. The summed E-state index contributed by atoms with van der Waals surface area (Å²) < 4.78 is 10.4. The Morgan fingerprint density at radius 1 is 1.10 bits per heavy atom. The van der Waals surface area contributed by atoms with Crippen molar-refractivity contribution in [1.82, 2.24) is 0 Å². The van der Waals surface area contributed by atoms with E-state index in [0.717, 1.165) is 17.7 Å². The summed E-state index contributed by atoms with van der Waals surface area (Å²) >= 11 is 0. The first-order valence-corrected chi connectivity index (χ1v) is 7.25. The number of methoxy groups -OCH3 is 2. The van der Waals surface area contributed by atoms with Crippen LogP contribution >= 0.6 is 0 Å². The van der Waals surface area contributed by atoms with Crippen LogP contribution in [0.2, 0.25) is 0 Å². The highest BCUT2D eigenvalue weighted by Gasteiger charge is 2.32. The second-order valence-electron chi connectivity index (χ2n) is 5.62. The Bertz CT molecular complexity index is 514. The van der Waals surface area contributed by atoms with Gasteiger partial charge in [-0.25, -0.2) is 0 Å². The molecule has 0 saturated heterocycles. The zero-order chi connectivity index (χ0) is 14.1. The van der Waals surface area contributed by atoms with Gasteiger partial charge in [0, 0.05) is 11.3 Å². The molecule has 1 N–H and O–H groups in total. The van der Waals surface area contributed by atoms with Gasteiger partial charge in [0.25, 0.3) is 0 Å². The van der Waals surface area contributed by atoms with Gasteiger partial charge in [-0.05, 0) is 37.3 Å². The third kappa shape index (κ3) is 2.23. The van der Waals surface area contributed by atoms with Crippen molar-refractivity contribution in [3.63, 3.8) is 0 Å². The molecule has 0 amide bonds. The maximum absolute atomic E-state index is 9.97. The van der Waals surface area contributed by atoms with Crippen molar-refractivity contribution in [2.45, 2.75) is 38.1 Å². The van der Waals surface area contributed by atoms with Crippen LogP contribution in [0.4, 0.5) is 0 Å². The first-order valence-electron chi connectivity index (χ1n) is 7.25. The Hall–Kier alpha value is -1.71. The number of phenols is 1. The summed E-state index contributed by atoms with van der Waals surface area (Å²) in [7, 11) is 3.10. The van der Waals surface area contributed by atoms with E-state index in [4.69, 9.17) is 14.5 Å². The standard InChI is InChI=1S/C16H21NO3/c1-19-14-8-11(9-15(20-2)16(14)18)13-7-10-5-3-4-6-12(10)17-13/h8-10,12,18H,3-7H2,1-2H3. The molecule has 2 aliphatic rings. The second kappa shape index (κ2) is 5.35. The molecule has 1 aliphatic carbocycles. The van der Waals surface area contributed by atoms with E-state index in [-0.39, 0.29) is 5.75 Å². The minimum atomic E-state index is 0.0507. The largest absolute Gasteiger partial charge is 0.502 e. The van der Waals surface area contributed by atoms with Gasteiger partial charge in [-0.3, -0.25) is 4.99 Å². The monoisotopic (exact) mass is 275 g/mol. The van der Waals surface area contributed by atoms with Crippen molar-refractivity contribution in [3.8, 4) is 17.2 Å². The van der Waals surface area contributed by atoms with Crippen LogP contribution in [0, 0.1) is 5.92 Å². The second-order valence-corrected chi connectivity index (χ2v) is 5.62. The van der Waals surface area contributed by atoms with Gasteiger partial charge in [-0.15, -0.1) is 0 Å². The molecule has 4 nitrogen and oxygen atoms in total. The Morgan fingerprint density at radius 3 is 2.35 bits per heavy atom. The first-order chi connectivity index (χ1) is 9.72. The Morgan fingerprint density at radius 2 is 1.75 bits per heavy atom. The predicted octanol–water partition coefficient (Wildman–Crippen LogP) is 3.16. The number of fused-ring (bicyclic) bond motifs is 1. The molecule has 0 spiro atoms. The SMILES string of the molecule is COc1cc(C2=NC3CCCCC3C2)cc(OC)c1O. The molecule has 1 saturated carbocycles. The summed E-state index contributed by atoms with van der Waals surface area (Å²) in [6.45, 7) is 0. The lowest BCUT2D eigenvalue weighted by Gasteiger charge is -2.22. The Labute approximate surface area is 119 Å². The lowest BCUT2D eigenvalue weighted by Crippen LogP contribution is -2.18. The summed E-state index contributed by atoms with van der Waals surface area (Å²) in [5.41, 5.74) is 2.13. The lowest BCUT2D eigenvalue weighted by molar-refractivity contribution is 0.337. The number of benzene rings is 1. The molecule has 20 heavy (non-hydrogen) atoms. The van der Waals surface area contributed by atoms with Crippen molar-refractivity contribution < 1.29 is 14.6 Å². The van der Waals surface area contributed by atoms with Gasteiger partial charge in [-0.1, -0.05) is 12.8 Å². The number of rotatable bonds is 3. The quantitative estimate of drug-likeness (QED) is 0.922. The Kier molecular flexibility index (Phi) is 3.55. The molecule has 2 atom stereocenters. The summed E-state index contributed by atoms with van der Waals surface area (Å²) in [6.07, 6.45) is 6.14. The maximum atomic E-state index is 9.97. The molecule has 0 aromatic heterocycles. The number of aliphatic imine (C=N–C) groups is 1. The molecule has 2 unspecified atom stereocenters. The van der Waals surface area contributed by atoms with Gasteiger partial charge >= 0.3 is 0 Å². The third-order valence-corrected chi connectivity index (χ3v) is 4.46. The van der Waals surface area contributed by atoms with Crippen molar-refractivity contribution in [2.75, 3.05) is 14.2 Å². The molecule has 1 fully saturated rings. The van der Waals surface area contributed by atoms with Crippen molar-refractivity contribution >= 4 is 5.71 Å². The average Bonchev–Trinajstić information content (AvgIpc) is 2.91. The van der Waals surface area contributed by atoms with Gasteiger partial charge in [0.05, 0.1) is 20.3 Å². The van der Waals surface area contributed by atoms with Crippen molar-refractivity contribution in [3.05, 3.63) is 17.7 Å². The fraction of sp³-hybridized carbons (Fsp3) is 0.562. The lowest BCUT2D eigenvalue weighted by atomic mass is 9.84. The van der Waals surface area contributed by atoms with Crippen LogP contribution in [0.5, 0.6) is 17.2 Å². The first kappa shape index (κ1) is 13.3. The van der Waals surface area contributed by atoms with Crippen LogP contribution in [0.1, 0.15) is 37.7 Å². The predicted molar refractivity (Wildman–Crippen MR) is 78.1 cm³/mol. The number of phenolic OH excluding ortho intramolecular Hbond substituents is 1. The fourth-order valence-electron chi connectivity index (χ4n) is 3.35. The minimum absolute atomic E-state index is 0.0507. The zero-order valence-corrected chi connectivity index (χ0v) is 12.1. The molecule has 0 radical (unpaired) electrons. The van der Waals surface area contributed by atoms with E-state index in [2.05, 4.69) is 0 Å². The average molecular weight is 275 g/mol. The van der Waals surface area contributed by atoms with E-state index in [1.54, 1.807) is 14.2 Å². The third-order valence-electron chi connectivity index (χ3n) is 4.46. The van der Waals surface area contributed by atoms with E-state index in [1.807, 2.05) is 12.1 Å². The number of hydrogen-bond donors (Lipinski definition) is 1. The van der Waals surface area contributed by atoms with Gasteiger partial charge in [0.2, 0.25) is 5.75 Å². The molecule has 1 aromatic rings. The van der Waals surface area contributed by atoms with Crippen molar-refractivity contribution in [2.24, 2.45) is 10.9 Å². The number of ether oxygens (including phenoxy) is 2. The summed E-state index contributed by atoms with van der Waals surface area (Å²) in [5.74, 6) is 1.63. The van der Waals surface area contributed by atoms with E-state index >= 15 is 0 Å². The molecule has 4 heteroatoms. The number of aromatic hydroxyl groups is 1. The van der Waals surface area contributed by atoms with E-state index in [0.29, 0.717) is 23.5 Å². The highest BCUT2D eigenvalue weighted by Crippen LogP contribution is 2.40. The van der Waals surface area contributed by atoms with Crippen LogP contribution in [0.3, 0.4) is 0 Å². The highest BCUT2D eigenvalue weighted by molar-refractivity contribution is 6.03. The van der Waals surface area contributed by atoms with E-state index in [1.165, 1.54) is 25.7 Å². The summed E-state index contributed by atoms with van der Waals surface area (Å²) in [5, 5.41) is 9.97. The van der Waals surface area contributed by atoms with Crippen LogP contribution in [-0.2, 0) is 0 Å². The van der Waals surface area contributed by atoms with Gasteiger partial charge < -0.3 is 14.6 Å². The molecular formula is C16H21NO3. The van der Waals surface area contributed by atoms with Crippen LogP contribution in [0.15, 0.2) is 17.1 Å². The number of nitrogens with zero attached hydrogens (tertiary/aromatic N) is 1. The summed E-state index contributed by atoms with van der Waals surface area (Å²) in [6, 6.07) is 4.20. The van der Waals surface area contributed by atoms with Gasteiger partial charge in [-0.2, -0.15) is 0 Å². The Balaban J connectivity index is 1.94. The molecule has 0 bridgehead atoms. The maximum Gasteiger partial charge on any atom is 0.200 e. The van der Waals surface area contributed by atoms with E-state index < -0.39 is 0 Å². The molecule has 1 aliphatic heterocycles. The van der Waals surface area contributed by atoms with Crippen molar-refractivity contribution in [1.29, 1.82) is 0 Å². The van der Waals surface area contributed by atoms with Gasteiger partial charge in [0.15, 0.2) is 11.5 Å². The number of hydrogen-bond acceptors (Lipinski definition) is 4. The van der Waals surface area contributed by atoms with E-state index in [9.17, 15) is 5.11 Å². The van der Waals surface area contributed by atoms with Crippen LogP contribution in [-0.4, -0.2) is 31.1 Å². The molecule has 1 aromatic carbocycles. The van der Waals surface area contributed by atoms with Crippen LogP contribution < -0.4 is 9.47 Å². The zero-order valence-electron chi connectivity index (χ0n) is 12.1. The fourth-order valence-corrected chi connectivity index (χ4v) is 3.35. The smallest absolute Gasteiger partial charge is 0.200 e. The van der Waals surface area contributed by atoms with Crippen LogP contribution in [0.25, 0.3) is 0 Å². The molecule has 1 heterocycles. The minimum Gasteiger partial charge on any atom is -0.502 e. The summed E-state index contributed by atoms with van der Waals surface area (Å²) in [4.78, 5) is 4.88.